The average molecular weight is 276 g/mol. The van der Waals surface area contributed by atoms with E-state index in [9.17, 15) is 9.59 Å². The molecule has 0 bridgehead atoms. The number of carboxylic acid groups (broad SMARTS) is 1. The minimum absolute atomic E-state index is 0.229. The summed E-state index contributed by atoms with van der Waals surface area (Å²) in [5.74, 6) is -1.23. The fourth-order valence-corrected chi connectivity index (χ4v) is 1.75. The number of carboxylic acids is 1. The fourth-order valence-electron chi connectivity index (χ4n) is 1.75. The molecule has 0 heterocycles. The van der Waals surface area contributed by atoms with E-state index in [2.05, 4.69) is 5.32 Å². The molecule has 5 nitrogen and oxygen atoms in total. The first-order valence-corrected chi connectivity index (χ1v) is 6.46. The summed E-state index contributed by atoms with van der Waals surface area (Å²) in [4.78, 5) is 22.4. The molecule has 0 saturated heterocycles. The lowest BCUT2D eigenvalue weighted by Gasteiger charge is -2.22. The molecule has 20 heavy (non-hydrogen) atoms. The maximum absolute atomic E-state index is 12.0. The van der Waals surface area contributed by atoms with Crippen LogP contribution in [0.2, 0.25) is 0 Å². The van der Waals surface area contributed by atoms with Crippen LogP contribution in [-0.4, -0.2) is 22.5 Å². The van der Waals surface area contributed by atoms with Gasteiger partial charge in [0.15, 0.2) is 0 Å². The molecule has 1 atom stereocenters. The monoisotopic (exact) mass is 276 g/mol. The number of rotatable bonds is 6. The minimum Gasteiger partial charge on any atom is -0.478 e. The van der Waals surface area contributed by atoms with E-state index in [1.54, 1.807) is 31.2 Å². The van der Waals surface area contributed by atoms with Crippen molar-refractivity contribution in [1.82, 2.24) is 0 Å². The summed E-state index contributed by atoms with van der Waals surface area (Å²) >= 11 is 0. The molecule has 1 aromatic carbocycles. The van der Waals surface area contributed by atoms with Crippen LogP contribution in [0.3, 0.4) is 0 Å². The van der Waals surface area contributed by atoms with E-state index in [1.807, 2.05) is 6.92 Å². The van der Waals surface area contributed by atoms with Crippen LogP contribution in [-0.2, 0) is 9.59 Å². The van der Waals surface area contributed by atoms with E-state index in [-0.39, 0.29) is 5.91 Å². The van der Waals surface area contributed by atoms with Gasteiger partial charge in [-0.1, -0.05) is 25.5 Å². The van der Waals surface area contributed by atoms with Crippen molar-refractivity contribution in [1.29, 1.82) is 0 Å². The molecule has 4 N–H and O–H groups in total. The molecule has 0 aliphatic heterocycles. The number of carbonyl (C=O) groups excluding carboxylic acids is 1. The lowest BCUT2D eigenvalue weighted by atomic mass is 9.96. The van der Waals surface area contributed by atoms with Crippen LogP contribution in [0, 0.1) is 0 Å². The van der Waals surface area contributed by atoms with Crippen molar-refractivity contribution in [3.05, 3.63) is 35.9 Å². The first-order valence-electron chi connectivity index (χ1n) is 6.46. The van der Waals surface area contributed by atoms with Crippen molar-refractivity contribution in [2.45, 2.75) is 32.2 Å². The van der Waals surface area contributed by atoms with Crippen molar-refractivity contribution in [2.24, 2.45) is 5.73 Å². The molecule has 0 fully saturated rings. The molecule has 0 radical (unpaired) electrons. The predicted octanol–water partition coefficient (Wildman–Crippen LogP) is 2.24. The molecule has 0 spiro atoms. The van der Waals surface area contributed by atoms with Crippen LogP contribution < -0.4 is 11.1 Å². The van der Waals surface area contributed by atoms with Gasteiger partial charge in [-0.15, -0.1) is 0 Å². The zero-order valence-electron chi connectivity index (χ0n) is 11.7. The molecule has 0 aliphatic carbocycles. The number of nitrogens with two attached hydrogens (primary N) is 1. The summed E-state index contributed by atoms with van der Waals surface area (Å²) in [6.07, 6.45) is 3.99. The Morgan fingerprint density at radius 1 is 1.35 bits per heavy atom. The van der Waals surface area contributed by atoms with E-state index in [1.165, 1.54) is 6.08 Å². The van der Waals surface area contributed by atoms with Gasteiger partial charge in [0, 0.05) is 11.8 Å². The van der Waals surface area contributed by atoms with Gasteiger partial charge in [-0.2, -0.15) is 0 Å². The number of nitrogens with one attached hydrogen (secondary N) is 1. The fraction of sp³-hybridized carbons (Fsp3) is 0.333. The van der Waals surface area contributed by atoms with Crippen LogP contribution in [0.15, 0.2) is 30.3 Å². The van der Waals surface area contributed by atoms with Crippen LogP contribution in [0.25, 0.3) is 6.08 Å². The number of hydrogen-bond donors (Lipinski definition) is 3. The lowest BCUT2D eigenvalue weighted by molar-refractivity contribution is -0.131. The molecule has 108 valence electrons. The highest BCUT2D eigenvalue weighted by molar-refractivity contribution is 5.97. The van der Waals surface area contributed by atoms with Gasteiger partial charge in [-0.3, -0.25) is 4.79 Å². The van der Waals surface area contributed by atoms with Crippen molar-refractivity contribution in [3.8, 4) is 0 Å². The Balaban J connectivity index is 2.70. The SMILES string of the molecule is CCCC(C)(N)C(=O)Nc1ccc(/C=C/C(=O)O)cc1. The maximum Gasteiger partial charge on any atom is 0.328 e. The normalized spacial score (nSPS) is 13.9. The van der Waals surface area contributed by atoms with Crippen molar-refractivity contribution in [2.75, 3.05) is 5.32 Å². The quantitative estimate of drug-likeness (QED) is 0.695. The lowest BCUT2D eigenvalue weighted by Crippen LogP contribution is -2.48. The Kier molecular flexibility index (Phi) is 5.46. The van der Waals surface area contributed by atoms with Gasteiger partial charge in [-0.05, 0) is 37.1 Å². The number of hydrogen-bond acceptors (Lipinski definition) is 3. The van der Waals surface area contributed by atoms with Crippen molar-refractivity contribution >= 4 is 23.6 Å². The zero-order valence-corrected chi connectivity index (χ0v) is 11.7. The molecule has 0 aromatic heterocycles. The highest BCUT2D eigenvalue weighted by Crippen LogP contribution is 2.15. The number of aliphatic carboxylic acids is 1. The standard InChI is InChI=1S/C15H20N2O3/c1-3-10-15(2,16)14(20)17-12-7-4-11(5-8-12)6-9-13(18)19/h4-9H,3,10,16H2,1-2H3,(H,17,20)(H,18,19)/b9-6+. The Bertz CT molecular complexity index is 504. The highest BCUT2D eigenvalue weighted by Gasteiger charge is 2.26. The smallest absolute Gasteiger partial charge is 0.328 e. The third-order valence-corrected chi connectivity index (χ3v) is 2.87. The van der Waals surface area contributed by atoms with Gasteiger partial charge in [-0.25, -0.2) is 4.79 Å². The number of amides is 1. The second-order valence-electron chi connectivity index (χ2n) is 4.92. The second kappa shape index (κ2) is 6.86. The van der Waals surface area contributed by atoms with Gasteiger partial charge >= 0.3 is 5.97 Å². The summed E-state index contributed by atoms with van der Waals surface area (Å²) < 4.78 is 0. The Morgan fingerprint density at radius 3 is 2.45 bits per heavy atom. The number of benzene rings is 1. The van der Waals surface area contributed by atoms with Gasteiger partial charge < -0.3 is 16.2 Å². The molecule has 1 unspecified atom stereocenters. The van der Waals surface area contributed by atoms with Crippen molar-refractivity contribution in [3.63, 3.8) is 0 Å². The van der Waals surface area contributed by atoms with E-state index >= 15 is 0 Å². The van der Waals surface area contributed by atoms with Gasteiger partial charge in [0.05, 0.1) is 5.54 Å². The first-order chi connectivity index (χ1) is 9.35. The van der Waals surface area contributed by atoms with Crippen LogP contribution >= 0.6 is 0 Å². The van der Waals surface area contributed by atoms with Gasteiger partial charge in [0.2, 0.25) is 5.91 Å². The molecule has 1 amide bonds. The third-order valence-electron chi connectivity index (χ3n) is 2.87. The number of carbonyl (C=O) groups is 2. The highest BCUT2D eigenvalue weighted by atomic mass is 16.4. The van der Waals surface area contributed by atoms with E-state index in [4.69, 9.17) is 10.8 Å². The van der Waals surface area contributed by atoms with Crippen molar-refractivity contribution < 1.29 is 14.7 Å². The molecule has 0 saturated carbocycles. The molecule has 1 aromatic rings. The van der Waals surface area contributed by atoms with Crippen LogP contribution in [0.1, 0.15) is 32.3 Å². The van der Waals surface area contributed by atoms with Crippen LogP contribution in [0.5, 0.6) is 0 Å². The summed E-state index contributed by atoms with van der Waals surface area (Å²) in [5, 5.41) is 11.3. The molecule has 1 rings (SSSR count). The first kappa shape index (κ1) is 15.9. The molecule has 0 aliphatic rings. The largest absolute Gasteiger partial charge is 0.478 e. The molecular formula is C15H20N2O3. The summed E-state index contributed by atoms with van der Waals surface area (Å²) in [7, 11) is 0. The third kappa shape index (κ3) is 4.85. The number of anilines is 1. The Labute approximate surface area is 118 Å². The predicted molar refractivity (Wildman–Crippen MR) is 79.2 cm³/mol. The summed E-state index contributed by atoms with van der Waals surface area (Å²) in [5.41, 5.74) is 6.43. The molecule has 5 heteroatoms. The summed E-state index contributed by atoms with van der Waals surface area (Å²) in [6, 6.07) is 6.87. The topological polar surface area (TPSA) is 92.4 Å². The second-order valence-corrected chi connectivity index (χ2v) is 4.92. The molecular weight excluding hydrogens is 256 g/mol. The zero-order chi connectivity index (χ0) is 15.2. The van der Waals surface area contributed by atoms with Gasteiger partial charge in [0.25, 0.3) is 0 Å². The minimum atomic E-state index is -0.999. The van der Waals surface area contributed by atoms with E-state index in [0.717, 1.165) is 18.1 Å². The van der Waals surface area contributed by atoms with Crippen LogP contribution in [0.4, 0.5) is 5.69 Å². The van der Waals surface area contributed by atoms with E-state index in [0.29, 0.717) is 12.1 Å². The van der Waals surface area contributed by atoms with Gasteiger partial charge in [0.1, 0.15) is 0 Å². The maximum atomic E-state index is 12.0. The Hall–Kier alpha value is -2.14. The van der Waals surface area contributed by atoms with E-state index < -0.39 is 11.5 Å². The average Bonchev–Trinajstić information content (AvgIpc) is 2.37. The summed E-state index contributed by atoms with van der Waals surface area (Å²) in [6.45, 7) is 3.68. The Morgan fingerprint density at radius 2 is 1.95 bits per heavy atom.